The van der Waals surface area contributed by atoms with E-state index in [0.717, 1.165) is 34.7 Å². The summed E-state index contributed by atoms with van der Waals surface area (Å²) in [7, 11) is 0. The van der Waals surface area contributed by atoms with E-state index < -0.39 is 5.97 Å². The fourth-order valence-electron chi connectivity index (χ4n) is 5.88. The van der Waals surface area contributed by atoms with E-state index in [9.17, 15) is 14.7 Å². The number of carboxylic acid groups (broad SMARTS) is 1. The van der Waals surface area contributed by atoms with E-state index in [1.54, 1.807) is 28.8 Å². The van der Waals surface area contributed by atoms with Crippen LogP contribution in [-0.2, 0) is 11.2 Å². The maximum Gasteiger partial charge on any atom is 0.307 e. The maximum atomic E-state index is 13.3. The Morgan fingerprint density at radius 1 is 1.15 bits per heavy atom. The summed E-state index contributed by atoms with van der Waals surface area (Å²) in [6, 6.07) is 14.6. The first-order valence-electron chi connectivity index (χ1n) is 12.0. The lowest BCUT2D eigenvalue weighted by Crippen LogP contribution is -2.48. The van der Waals surface area contributed by atoms with Crippen LogP contribution < -0.4 is 4.74 Å². The Bertz CT molecular complexity index is 1300. The molecule has 2 atom stereocenters. The van der Waals surface area contributed by atoms with Crippen LogP contribution in [0.4, 0.5) is 0 Å². The third-order valence-corrected chi connectivity index (χ3v) is 8.01. The molecule has 0 unspecified atom stereocenters. The summed E-state index contributed by atoms with van der Waals surface area (Å²) in [5.74, 6) is 1.28. The summed E-state index contributed by atoms with van der Waals surface area (Å²) < 4.78 is 7.65. The van der Waals surface area contributed by atoms with Gasteiger partial charge in [-0.05, 0) is 79.0 Å². The molecular formula is C29H31NO4. The number of carbonyl (C=O) groups excluding carboxylic acids is 1. The number of fused-ring (bicyclic) bond motifs is 2. The highest BCUT2D eigenvalue weighted by atomic mass is 16.5. The summed E-state index contributed by atoms with van der Waals surface area (Å²) in [6.45, 7) is 7.28. The number of carboxylic acids is 1. The van der Waals surface area contributed by atoms with Gasteiger partial charge in [0.05, 0.1) is 18.5 Å². The van der Waals surface area contributed by atoms with E-state index in [0.29, 0.717) is 29.1 Å². The van der Waals surface area contributed by atoms with Crippen molar-refractivity contribution >= 4 is 22.8 Å². The van der Waals surface area contributed by atoms with Gasteiger partial charge in [0.1, 0.15) is 5.75 Å². The number of aryl methyl sites for hydroxylation is 1. The van der Waals surface area contributed by atoms with Gasteiger partial charge < -0.3 is 9.84 Å². The Labute approximate surface area is 200 Å². The third kappa shape index (κ3) is 3.83. The molecule has 1 heterocycles. The molecular weight excluding hydrogens is 426 g/mol. The minimum atomic E-state index is -0.889. The Morgan fingerprint density at radius 3 is 2.59 bits per heavy atom. The zero-order valence-corrected chi connectivity index (χ0v) is 20.0. The van der Waals surface area contributed by atoms with Crippen molar-refractivity contribution in [3.05, 3.63) is 77.0 Å². The van der Waals surface area contributed by atoms with E-state index in [4.69, 9.17) is 4.74 Å². The lowest BCUT2D eigenvalue weighted by Gasteiger charge is -2.56. The Morgan fingerprint density at radius 2 is 1.91 bits per heavy atom. The molecule has 34 heavy (non-hydrogen) atoms. The van der Waals surface area contributed by atoms with Crippen molar-refractivity contribution in [1.29, 1.82) is 0 Å². The maximum absolute atomic E-state index is 13.3. The summed E-state index contributed by atoms with van der Waals surface area (Å²) in [5.41, 5.74) is 4.74. The number of rotatable bonds is 7. The number of carbonyl (C=O) groups is 2. The minimum Gasteiger partial charge on any atom is -0.493 e. The van der Waals surface area contributed by atoms with E-state index >= 15 is 0 Å². The predicted octanol–water partition coefficient (Wildman–Crippen LogP) is 6.03. The highest BCUT2D eigenvalue weighted by molar-refractivity contribution is 6.04. The zero-order valence-electron chi connectivity index (χ0n) is 20.0. The molecule has 3 aromatic rings. The number of hydrogen-bond donors (Lipinski definition) is 1. The minimum absolute atomic E-state index is 0.0727. The number of aromatic nitrogens is 1. The van der Waals surface area contributed by atoms with E-state index in [1.165, 1.54) is 18.4 Å². The van der Waals surface area contributed by atoms with Gasteiger partial charge in [-0.3, -0.25) is 14.2 Å². The molecule has 3 aliphatic rings. The molecule has 6 rings (SSSR count). The third-order valence-electron chi connectivity index (χ3n) is 8.01. The normalized spacial score (nSPS) is 20.5. The van der Waals surface area contributed by atoms with Crippen molar-refractivity contribution in [3.8, 4) is 5.75 Å². The molecule has 5 nitrogen and oxygen atoms in total. The topological polar surface area (TPSA) is 68.5 Å². The fraction of sp³-hybridized carbons (Fsp3) is 0.379. The first-order chi connectivity index (χ1) is 16.3. The van der Waals surface area contributed by atoms with Gasteiger partial charge in [0, 0.05) is 23.1 Å². The number of nitrogens with zero attached hydrogens (tertiary/aromatic N) is 1. The van der Waals surface area contributed by atoms with Crippen LogP contribution in [0.25, 0.3) is 10.9 Å². The van der Waals surface area contributed by atoms with E-state index in [1.807, 2.05) is 31.2 Å². The standard InChI is InChI=1S/C29H31NO4/c1-18-15-24-21(16-27(31)32)5-4-6-26(24)30(18)28(33)20-8-11-23(12-9-20)34-14-13-19-7-10-22-17-25(19)29(22,2)3/h4-9,11-12,15,22,25H,10,13-14,16-17H2,1-3H3,(H,31,32)/t22-,25-/m0/s1. The summed E-state index contributed by atoms with van der Waals surface area (Å²) in [5, 5.41) is 10.0. The van der Waals surface area contributed by atoms with Crippen molar-refractivity contribution < 1.29 is 19.4 Å². The molecule has 5 heteroatoms. The predicted molar refractivity (Wildman–Crippen MR) is 132 cm³/mol. The molecule has 2 aromatic carbocycles. The molecule has 176 valence electrons. The van der Waals surface area contributed by atoms with Gasteiger partial charge in [0.2, 0.25) is 0 Å². The monoisotopic (exact) mass is 457 g/mol. The molecule has 0 amide bonds. The number of hydrogen-bond acceptors (Lipinski definition) is 3. The number of benzene rings is 2. The second-order valence-electron chi connectivity index (χ2n) is 10.3. The Hall–Kier alpha value is -3.34. The Balaban J connectivity index is 1.27. The molecule has 1 saturated carbocycles. The van der Waals surface area contributed by atoms with Crippen LogP contribution in [0.15, 0.2) is 60.2 Å². The number of aliphatic carboxylic acids is 1. The largest absolute Gasteiger partial charge is 0.493 e. The van der Waals surface area contributed by atoms with Gasteiger partial charge >= 0.3 is 5.97 Å². The van der Waals surface area contributed by atoms with Gasteiger partial charge in [-0.2, -0.15) is 0 Å². The van der Waals surface area contributed by atoms with Crippen LogP contribution in [0.5, 0.6) is 5.75 Å². The van der Waals surface area contributed by atoms with E-state index in [-0.39, 0.29) is 12.3 Å². The average Bonchev–Trinajstić information content (AvgIpc) is 3.15. The van der Waals surface area contributed by atoms with E-state index in [2.05, 4.69) is 19.9 Å². The van der Waals surface area contributed by atoms with Crippen molar-refractivity contribution in [3.63, 3.8) is 0 Å². The molecule has 0 radical (unpaired) electrons. The molecule has 0 spiro atoms. The molecule has 1 aromatic heterocycles. The fourth-order valence-corrected chi connectivity index (χ4v) is 5.88. The molecule has 0 saturated heterocycles. The lowest BCUT2D eigenvalue weighted by atomic mass is 9.48. The molecule has 1 fully saturated rings. The Kier molecular flexibility index (Phi) is 5.59. The highest BCUT2D eigenvalue weighted by Gasteiger charge is 2.50. The number of allylic oxidation sites excluding steroid dienone is 1. The van der Waals surface area contributed by atoms with Crippen LogP contribution in [0.2, 0.25) is 0 Å². The molecule has 3 aliphatic carbocycles. The summed E-state index contributed by atoms with van der Waals surface area (Å²) in [4.78, 5) is 24.5. The van der Waals surface area contributed by atoms with Crippen molar-refractivity contribution in [2.24, 2.45) is 17.3 Å². The van der Waals surface area contributed by atoms with Crippen molar-refractivity contribution in [2.45, 2.75) is 46.5 Å². The second-order valence-corrected chi connectivity index (χ2v) is 10.3. The number of ether oxygens (including phenoxy) is 1. The highest BCUT2D eigenvalue weighted by Crippen LogP contribution is 2.59. The van der Waals surface area contributed by atoms with Crippen molar-refractivity contribution in [1.82, 2.24) is 4.57 Å². The first kappa shape index (κ1) is 22.5. The lowest BCUT2D eigenvalue weighted by molar-refractivity contribution is -0.136. The van der Waals surface area contributed by atoms with Gasteiger partial charge in [-0.1, -0.05) is 37.6 Å². The van der Waals surface area contributed by atoms with Crippen LogP contribution in [0.1, 0.15) is 54.7 Å². The van der Waals surface area contributed by atoms with Crippen LogP contribution in [-0.4, -0.2) is 28.2 Å². The molecule has 0 aliphatic heterocycles. The second kappa shape index (κ2) is 8.46. The summed E-state index contributed by atoms with van der Waals surface area (Å²) in [6.07, 6.45) is 5.81. The quantitative estimate of drug-likeness (QED) is 0.440. The summed E-state index contributed by atoms with van der Waals surface area (Å²) >= 11 is 0. The molecule has 1 N–H and O–H groups in total. The van der Waals surface area contributed by atoms with Crippen LogP contribution in [0, 0.1) is 24.2 Å². The van der Waals surface area contributed by atoms with Gasteiger partial charge in [-0.25, -0.2) is 0 Å². The van der Waals surface area contributed by atoms with Gasteiger partial charge in [0.15, 0.2) is 0 Å². The van der Waals surface area contributed by atoms with Crippen molar-refractivity contribution in [2.75, 3.05) is 6.61 Å². The SMILES string of the molecule is Cc1cc2c(CC(=O)O)cccc2n1C(=O)c1ccc(OCCC2=CC[C@H]3C[C@@H]2C3(C)C)cc1. The van der Waals surface area contributed by atoms with Crippen LogP contribution in [0.3, 0.4) is 0 Å². The first-order valence-corrected chi connectivity index (χ1v) is 12.0. The zero-order chi connectivity index (χ0) is 24.0. The van der Waals surface area contributed by atoms with Gasteiger partial charge in [-0.15, -0.1) is 0 Å². The van der Waals surface area contributed by atoms with Gasteiger partial charge in [0.25, 0.3) is 5.91 Å². The average molecular weight is 458 g/mol. The molecule has 2 bridgehead atoms. The smallest absolute Gasteiger partial charge is 0.307 e. The van der Waals surface area contributed by atoms with Crippen LogP contribution >= 0.6 is 0 Å².